The molecule has 4 rings (SSSR count). The van der Waals surface area contributed by atoms with Crippen LogP contribution in [0.15, 0.2) is 53.9 Å². The van der Waals surface area contributed by atoms with Gasteiger partial charge in [0, 0.05) is 21.8 Å². The zero-order valence-corrected chi connectivity index (χ0v) is 18.6. The average Bonchev–Trinajstić information content (AvgIpc) is 3.20. The first kappa shape index (κ1) is 21.6. The summed E-state index contributed by atoms with van der Waals surface area (Å²) in [6.07, 6.45) is 0.682. The summed E-state index contributed by atoms with van der Waals surface area (Å²) in [5.41, 5.74) is 9.62. The molecule has 0 unspecified atom stereocenters. The van der Waals surface area contributed by atoms with E-state index in [9.17, 15) is 5.26 Å². The molecule has 2 aromatic carbocycles. The maximum Gasteiger partial charge on any atom is 0.244 e. The summed E-state index contributed by atoms with van der Waals surface area (Å²) in [4.78, 5) is 0. The molecule has 0 saturated carbocycles. The number of nitriles is 1. The molecule has 0 fully saturated rings. The largest absolute Gasteiger partial charge is 0.490 e. The van der Waals surface area contributed by atoms with Crippen molar-refractivity contribution in [1.29, 1.82) is 5.26 Å². The van der Waals surface area contributed by atoms with Crippen LogP contribution in [0.3, 0.4) is 0 Å². The topological polar surface area (TPSA) is 106 Å². The Morgan fingerprint density at radius 2 is 2.00 bits per heavy atom. The molecule has 0 bridgehead atoms. The van der Waals surface area contributed by atoms with Crippen LogP contribution in [0.2, 0.25) is 5.02 Å². The lowest BCUT2D eigenvalue weighted by molar-refractivity contribution is 0.266. The van der Waals surface area contributed by atoms with Gasteiger partial charge in [0.2, 0.25) is 11.8 Å². The molecular formula is C24H23ClN4O3. The van der Waals surface area contributed by atoms with E-state index in [-0.39, 0.29) is 12.5 Å². The van der Waals surface area contributed by atoms with Crippen LogP contribution in [0.4, 0.5) is 0 Å². The minimum absolute atomic E-state index is 0.0259. The predicted octanol–water partition coefficient (Wildman–Crippen LogP) is 4.82. The third kappa shape index (κ3) is 3.85. The molecule has 0 spiro atoms. The van der Waals surface area contributed by atoms with Gasteiger partial charge in [-0.1, -0.05) is 48.9 Å². The van der Waals surface area contributed by atoms with E-state index in [1.807, 2.05) is 56.3 Å². The van der Waals surface area contributed by atoms with Crippen LogP contribution in [0, 0.1) is 11.3 Å². The first-order valence-electron chi connectivity index (χ1n) is 10.4. The number of aryl methyl sites for hydroxylation is 1. The van der Waals surface area contributed by atoms with E-state index < -0.39 is 5.92 Å². The second kappa shape index (κ2) is 9.25. The quantitative estimate of drug-likeness (QED) is 0.534. The number of H-pyrrole nitrogens is 1. The molecule has 32 heavy (non-hydrogen) atoms. The molecule has 8 heteroatoms. The zero-order valence-electron chi connectivity index (χ0n) is 17.8. The number of allylic oxidation sites excluding steroid dienone is 1. The number of para-hydroxylation sites is 1. The van der Waals surface area contributed by atoms with Gasteiger partial charge in [-0.2, -0.15) is 5.26 Å². The van der Waals surface area contributed by atoms with Gasteiger partial charge in [0.25, 0.3) is 0 Å². The number of aromatic nitrogens is 2. The number of nitrogens with one attached hydrogen (secondary N) is 1. The van der Waals surface area contributed by atoms with Crippen LogP contribution >= 0.6 is 11.6 Å². The van der Waals surface area contributed by atoms with Crippen molar-refractivity contribution in [1.82, 2.24) is 10.2 Å². The summed E-state index contributed by atoms with van der Waals surface area (Å²) in [5, 5.41) is 17.8. The normalized spacial score (nSPS) is 15.0. The summed E-state index contributed by atoms with van der Waals surface area (Å²) in [6, 6.07) is 15.3. The van der Waals surface area contributed by atoms with E-state index in [0.717, 1.165) is 22.4 Å². The standard InChI is InChI=1S/C24H23ClN4O3/c1-3-18-21-20(16(12-26)23(27)32-24(21)29-28-18)15-9-7-11-19(30-4-2)22(15)31-13-14-8-5-6-10-17(14)25/h5-11,20H,3-4,13,27H2,1-2H3,(H,28,29)/t20-/m1/s1. The number of hydrogen-bond acceptors (Lipinski definition) is 6. The van der Waals surface area contributed by atoms with Crippen LogP contribution in [-0.2, 0) is 13.0 Å². The Kier molecular flexibility index (Phi) is 6.24. The summed E-state index contributed by atoms with van der Waals surface area (Å²) >= 11 is 6.33. The molecule has 0 aliphatic carbocycles. The number of benzene rings is 2. The van der Waals surface area contributed by atoms with Crippen LogP contribution in [0.5, 0.6) is 17.4 Å². The Balaban J connectivity index is 1.86. The molecule has 0 radical (unpaired) electrons. The Morgan fingerprint density at radius 1 is 1.19 bits per heavy atom. The van der Waals surface area contributed by atoms with Gasteiger partial charge in [-0.05, 0) is 25.5 Å². The van der Waals surface area contributed by atoms with Gasteiger partial charge in [-0.25, -0.2) is 0 Å². The van der Waals surface area contributed by atoms with Gasteiger partial charge >= 0.3 is 0 Å². The van der Waals surface area contributed by atoms with Crippen molar-refractivity contribution in [2.24, 2.45) is 5.73 Å². The SMILES string of the molecule is CCOc1cccc([C@@H]2C(C#N)=C(N)Oc3n[nH]c(CC)c32)c1OCc1ccccc1Cl. The number of hydrogen-bond donors (Lipinski definition) is 2. The van der Waals surface area contributed by atoms with Crippen molar-refractivity contribution in [3.8, 4) is 23.4 Å². The van der Waals surface area contributed by atoms with Crippen molar-refractivity contribution in [3.63, 3.8) is 0 Å². The molecule has 0 amide bonds. The molecular weight excluding hydrogens is 428 g/mol. The maximum atomic E-state index is 9.94. The third-order valence-electron chi connectivity index (χ3n) is 5.32. The summed E-state index contributed by atoms with van der Waals surface area (Å²) in [5.74, 6) is 0.970. The number of nitrogens with two attached hydrogens (primary N) is 1. The average molecular weight is 451 g/mol. The lowest BCUT2D eigenvalue weighted by Gasteiger charge is -2.26. The highest BCUT2D eigenvalue weighted by Gasteiger charge is 2.37. The molecule has 1 aliphatic rings. The second-order valence-corrected chi connectivity index (χ2v) is 7.59. The van der Waals surface area contributed by atoms with Gasteiger partial charge in [0.15, 0.2) is 11.5 Å². The first-order valence-corrected chi connectivity index (χ1v) is 10.7. The molecule has 2 heterocycles. The maximum absolute atomic E-state index is 9.94. The Bertz CT molecular complexity index is 1210. The number of aromatic amines is 1. The fraction of sp³-hybridized carbons (Fsp3) is 0.250. The highest BCUT2D eigenvalue weighted by Crippen LogP contribution is 2.48. The van der Waals surface area contributed by atoms with E-state index in [4.69, 9.17) is 31.5 Å². The van der Waals surface area contributed by atoms with Gasteiger partial charge in [0.05, 0.1) is 18.1 Å². The molecule has 1 atom stereocenters. The lowest BCUT2D eigenvalue weighted by atomic mass is 9.83. The highest BCUT2D eigenvalue weighted by atomic mass is 35.5. The molecule has 3 aromatic rings. The van der Waals surface area contributed by atoms with Gasteiger partial charge in [-0.3, -0.25) is 5.10 Å². The second-order valence-electron chi connectivity index (χ2n) is 7.19. The fourth-order valence-electron chi connectivity index (χ4n) is 3.84. The minimum Gasteiger partial charge on any atom is -0.490 e. The van der Waals surface area contributed by atoms with E-state index in [2.05, 4.69) is 16.3 Å². The summed E-state index contributed by atoms with van der Waals surface area (Å²) in [6.45, 7) is 4.60. The molecule has 7 nitrogen and oxygen atoms in total. The van der Waals surface area contributed by atoms with Crippen molar-refractivity contribution < 1.29 is 14.2 Å². The van der Waals surface area contributed by atoms with Crippen LogP contribution < -0.4 is 19.9 Å². The van der Waals surface area contributed by atoms with Crippen molar-refractivity contribution in [3.05, 3.63) is 81.3 Å². The third-order valence-corrected chi connectivity index (χ3v) is 5.69. The van der Waals surface area contributed by atoms with Gasteiger partial charge in [-0.15, -0.1) is 5.10 Å². The van der Waals surface area contributed by atoms with Crippen molar-refractivity contribution in [2.75, 3.05) is 6.61 Å². The molecule has 3 N–H and O–H groups in total. The number of ether oxygens (including phenoxy) is 3. The van der Waals surface area contributed by atoms with Crippen LogP contribution in [0.1, 0.15) is 42.1 Å². The Morgan fingerprint density at radius 3 is 2.72 bits per heavy atom. The number of rotatable bonds is 7. The minimum atomic E-state index is -0.515. The van der Waals surface area contributed by atoms with Gasteiger partial charge in [0.1, 0.15) is 18.2 Å². The van der Waals surface area contributed by atoms with Crippen LogP contribution in [-0.4, -0.2) is 16.8 Å². The van der Waals surface area contributed by atoms with E-state index in [0.29, 0.717) is 41.0 Å². The molecule has 164 valence electrons. The van der Waals surface area contributed by atoms with E-state index in [1.165, 1.54) is 0 Å². The predicted molar refractivity (Wildman–Crippen MR) is 121 cm³/mol. The van der Waals surface area contributed by atoms with Crippen molar-refractivity contribution >= 4 is 11.6 Å². The number of nitrogens with zero attached hydrogens (tertiary/aromatic N) is 2. The zero-order chi connectivity index (χ0) is 22.7. The lowest BCUT2D eigenvalue weighted by Crippen LogP contribution is -2.22. The number of fused-ring (bicyclic) bond motifs is 1. The summed E-state index contributed by atoms with van der Waals surface area (Å²) in [7, 11) is 0. The highest BCUT2D eigenvalue weighted by molar-refractivity contribution is 6.31. The van der Waals surface area contributed by atoms with E-state index in [1.54, 1.807) is 0 Å². The fourth-order valence-corrected chi connectivity index (χ4v) is 4.03. The molecule has 0 saturated heterocycles. The van der Waals surface area contributed by atoms with Gasteiger partial charge < -0.3 is 19.9 Å². The van der Waals surface area contributed by atoms with Crippen LogP contribution in [0.25, 0.3) is 0 Å². The Hall–Kier alpha value is -3.63. The van der Waals surface area contributed by atoms with E-state index >= 15 is 0 Å². The first-order chi connectivity index (χ1) is 15.6. The summed E-state index contributed by atoms with van der Waals surface area (Å²) < 4.78 is 17.8. The smallest absolute Gasteiger partial charge is 0.244 e. The monoisotopic (exact) mass is 450 g/mol. The number of halogens is 1. The molecule has 1 aliphatic heterocycles. The molecule has 1 aromatic heterocycles. The van der Waals surface area contributed by atoms with Crippen molar-refractivity contribution in [2.45, 2.75) is 32.8 Å². The Labute approximate surface area is 191 Å².